The molecule has 2 fully saturated rings. The molecule has 2 aromatic heterocycles. The third-order valence-electron chi connectivity index (χ3n) is 7.39. The summed E-state index contributed by atoms with van der Waals surface area (Å²) in [5.41, 5.74) is 9.11. The van der Waals surface area contributed by atoms with E-state index in [1.54, 1.807) is 19.1 Å². The highest BCUT2D eigenvalue weighted by atomic mass is 16.5. The number of imidazole rings is 1. The van der Waals surface area contributed by atoms with Crippen molar-refractivity contribution in [2.45, 2.75) is 76.4 Å². The maximum atomic E-state index is 12.0. The van der Waals surface area contributed by atoms with Gasteiger partial charge in [-0.1, -0.05) is 12.8 Å². The Labute approximate surface area is 206 Å². The topological polar surface area (TPSA) is 111 Å². The third kappa shape index (κ3) is 4.96. The minimum Gasteiger partial charge on any atom is -0.462 e. The number of nitrogens with zero attached hydrogens (tertiary/aromatic N) is 5. The van der Waals surface area contributed by atoms with Crippen LogP contribution in [0.5, 0.6) is 0 Å². The van der Waals surface area contributed by atoms with Gasteiger partial charge in [0.1, 0.15) is 0 Å². The van der Waals surface area contributed by atoms with Crippen molar-refractivity contribution in [3.8, 4) is 0 Å². The monoisotopic (exact) mass is 477 g/mol. The van der Waals surface area contributed by atoms with Gasteiger partial charge in [-0.2, -0.15) is 9.97 Å². The molecule has 0 bridgehead atoms. The number of rotatable bonds is 7. The Hall–Kier alpha value is -3.20. The van der Waals surface area contributed by atoms with E-state index in [1.165, 1.54) is 12.8 Å². The van der Waals surface area contributed by atoms with Gasteiger partial charge in [-0.3, -0.25) is 0 Å². The molecule has 0 amide bonds. The molecule has 0 spiro atoms. The zero-order chi connectivity index (χ0) is 24.4. The summed E-state index contributed by atoms with van der Waals surface area (Å²) < 4.78 is 7.32. The van der Waals surface area contributed by atoms with E-state index in [1.807, 2.05) is 18.5 Å². The second kappa shape index (κ2) is 10.2. The zero-order valence-electron chi connectivity index (χ0n) is 20.6. The molecule has 1 aromatic carbocycles. The fraction of sp³-hybridized carbons (Fsp3) is 0.538. The number of aromatic nitrogens is 4. The first-order chi connectivity index (χ1) is 17.0. The van der Waals surface area contributed by atoms with Crippen molar-refractivity contribution in [3.05, 3.63) is 36.2 Å². The van der Waals surface area contributed by atoms with Gasteiger partial charge in [-0.25, -0.2) is 9.78 Å². The predicted molar refractivity (Wildman–Crippen MR) is 137 cm³/mol. The summed E-state index contributed by atoms with van der Waals surface area (Å²) in [7, 11) is 2.08. The molecule has 2 aliphatic rings. The summed E-state index contributed by atoms with van der Waals surface area (Å²) in [5, 5.41) is 3.43. The lowest BCUT2D eigenvalue weighted by atomic mass is 9.91. The summed E-state index contributed by atoms with van der Waals surface area (Å²) in [5.74, 6) is 1.04. The van der Waals surface area contributed by atoms with Crippen molar-refractivity contribution in [1.82, 2.24) is 19.5 Å². The molecule has 0 atom stereocenters. The van der Waals surface area contributed by atoms with Crippen molar-refractivity contribution in [1.29, 1.82) is 0 Å². The molecule has 2 saturated carbocycles. The number of nitrogens with two attached hydrogens (primary N) is 1. The van der Waals surface area contributed by atoms with Gasteiger partial charge in [0.25, 0.3) is 0 Å². The largest absolute Gasteiger partial charge is 0.462 e. The van der Waals surface area contributed by atoms with Crippen LogP contribution in [0, 0.1) is 0 Å². The number of esters is 1. The highest BCUT2D eigenvalue weighted by molar-refractivity contribution is 5.90. The minimum absolute atomic E-state index is 0.293. The molecule has 3 N–H and O–H groups in total. The van der Waals surface area contributed by atoms with Crippen LogP contribution in [0.3, 0.4) is 0 Å². The molecule has 9 nitrogen and oxygen atoms in total. The van der Waals surface area contributed by atoms with Crippen molar-refractivity contribution in [2.24, 2.45) is 5.73 Å². The lowest BCUT2D eigenvalue weighted by Crippen LogP contribution is -2.39. The van der Waals surface area contributed by atoms with Crippen LogP contribution in [0.25, 0.3) is 11.2 Å². The Morgan fingerprint density at radius 1 is 1.11 bits per heavy atom. The van der Waals surface area contributed by atoms with E-state index in [0.29, 0.717) is 42.1 Å². The van der Waals surface area contributed by atoms with Crippen LogP contribution in [-0.4, -0.2) is 51.2 Å². The highest BCUT2D eigenvalue weighted by Crippen LogP contribution is 2.34. The normalized spacial score (nSPS) is 20.8. The first-order valence-corrected chi connectivity index (χ1v) is 12.8. The zero-order valence-corrected chi connectivity index (χ0v) is 20.6. The standard InChI is InChI=1S/C26H35N7O2/c1-3-35-25(34)17-8-12-19(13-9-17)29-23-22-24(33(16-28-22)21-6-4-5-7-21)31-26(30-23)32(2)20-14-10-18(27)11-15-20/h8-9,12-13,16,18,20-21H,3-7,10-11,14-15,27H2,1-2H3,(H,29,30,31)/t18-,20-. The smallest absolute Gasteiger partial charge is 0.338 e. The molecular formula is C26H35N7O2. The van der Waals surface area contributed by atoms with Crippen LogP contribution < -0.4 is 16.0 Å². The predicted octanol–water partition coefficient (Wildman–Crippen LogP) is 4.57. The lowest BCUT2D eigenvalue weighted by molar-refractivity contribution is 0.0526. The van der Waals surface area contributed by atoms with Crippen LogP contribution in [0.4, 0.5) is 17.5 Å². The maximum Gasteiger partial charge on any atom is 0.338 e. The number of carbonyl (C=O) groups is 1. The number of carbonyl (C=O) groups excluding carboxylic acids is 1. The number of ether oxygens (including phenoxy) is 1. The summed E-state index contributed by atoms with van der Waals surface area (Å²) in [6.07, 6.45) is 10.8. The second-order valence-electron chi connectivity index (χ2n) is 9.74. The first-order valence-electron chi connectivity index (χ1n) is 12.8. The molecule has 0 aliphatic heterocycles. The van der Waals surface area contributed by atoms with Gasteiger partial charge >= 0.3 is 5.97 Å². The molecule has 9 heteroatoms. The number of nitrogens with one attached hydrogen (secondary N) is 1. The van der Waals surface area contributed by atoms with E-state index >= 15 is 0 Å². The number of hydrogen-bond acceptors (Lipinski definition) is 8. The molecule has 35 heavy (non-hydrogen) atoms. The molecular weight excluding hydrogens is 442 g/mol. The summed E-state index contributed by atoms with van der Waals surface area (Å²) in [6.45, 7) is 2.15. The number of fused-ring (bicyclic) bond motifs is 1. The number of anilines is 3. The molecule has 5 rings (SSSR count). The molecule has 0 saturated heterocycles. The van der Waals surface area contributed by atoms with Crippen LogP contribution in [0.15, 0.2) is 30.6 Å². The van der Waals surface area contributed by atoms with Crippen molar-refractivity contribution < 1.29 is 9.53 Å². The Morgan fingerprint density at radius 2 is 1.83 bits per heavy atom. The number of benzene rings is 1. The van der Waals surface area contributed by atoms with Gasteiger partial charge in [0, 0.05) is 30.9 Å². The second-order valence-corrected chi connectivity index (χ2v) is 9.74. The Bertz CT molecular complexity index is 1160. The van der Waals surface area contributed by atoms with Crippen molar-refractivity contribution in [2.75, 3.05) is 23.9 Å². The fourth-order valence-electron chi connectivity index (χ4n) is 5.29. The molecule has 0 unspecified atom stereocenters. The molecule has 2 aliphatic carbocycles. The summed E-state index contributed by atoms with van der Waals surface area (Å²) in [4.78, 5) is 28.9. The Kier molecular flexibility index (Phi) is 6.86. The van der Waals surface area contributed by atoms with Crippen LogP contribution in [-0.2, 0) is 4.74 Å². The van der Waals surface area contributed by atoms with Gasteiger partial charge in [-0.15, -0.1) is 0 Å². The van der Waals surface area contributed by atoms with E-state index in [0.717, 1.165) is 55.4 Å². The van der Waals surface area contributed by atoms with E-state index in [-0.39, 0.29) is 5.97 Å². The van der Waals surface area contributed by atoms with E-state index in [9.17, 15) is 4.79 Å². The van der Waals surface area contributed by atoms with Gasteiger partial charge in [0.15, 0.2) is 17.0 Å². The average Bonchev–Trinajstić information content (AvgIpc) is 3.55. The highest BCUT2D eigenvalue weighted by Gasteiger charge is 2.27. The van der Waals surface area contributed by atoms with Crippen molar-refractivity contribution >= 4 is 34.6 Å². The SMILES string of the molecule is CCOC(=O)c1ccc(Nc2nc(N(C)[C@H]3CC[C@H](N)CC3)nc3c2ncn3C2CCCC2)cc1. The molecule has 3 aromatic rings. The Morgan fingerprint density at radius 3 is 2.51 bits per heavy atom. The average molecular weight is 478 g/mol. The van der Waals surface area contributed by atoms with E-state index in [4.69, 9.17) is 25.4 Å². The molecule has 2 heterocycles. The van der Waals surface area contributed by atoms with E-state index in [2.05, 4.69) is 21.8 Å². The summed E-state index contributed by atoms with van der Waals surface area (Å²) >= 11 is 0. The van der Waals surface area contributed by atoms with Crippen LogP contribution >= 0.6 is 0 Å². The van der Waals surface area contributed by atoms with E-state index < -0.39 is 0 Å². The number of hydrogen-bond donors (Lipinski definition) is 2. The van der Waals surface area contributed by atoms with Crippen LogP contribution in [0.1, 0.15) is 74.7 Å². The van der Waals surface area contributed by atoms with Gasteiger partial charge in [0.2, 0.25) is 5.95 Å². The van der Waals surface area contributed by atoms with Crippen molar-refractivity contribution in [3.63, 3.8) is 0 Å². The third-order valence-corrected chi connectivity index (χ3v) is 7.39. The first kappa shape index (κ1) is 23.5. The fourth-order valence-corrected chi connectivity index (χ4v) is 5.29. The van der Waals surface area contributed by atoms with Gasteiger partial charge in [-0.05, 0) is 69.7 Å². The quantitative estimate of drug-likeness (QED) is 0.476. The lowest BCUT2D eigenvalue weighted by Gasteiger charge is -2.33. The van der Waals surface area contributed by atoms with Gasteiger partial charge in [0.05, 0.1) is 18.5 Å². The Balaban J connectivity index is 1.48. The van der Waals surface area contributed by atoms with Gasteiger partial charge < -0.3 is 25.3 Å². The summed E-state index contributed by atoms with van der Waals surface area (Å²) in [6, 6.07) is 8.33. The van der Waals surface area contributed by atoms with Crippen LogP contribution in [0.2, 0.25) is 0 Å². The molecule has 0 radical (unpaired) electrons. The molecule has 186 valence electrons. The minimum atomic E-state index is -0.324. The maximum absolute atomic E-state index is 12.0.